The number of carbonyl (C=O) groups excluding carboxylic acids is 2. The summed E-state index contributed by atoms with van der Waals surface area (Å²) in [7, 11) is 0. The molecule has 0 atom stereocenters. The van der Waals surface area contributed by atoms with Crippen molar-refractivity contribution in [2.75, 3.05) is 32.8 Å². The van der Waals surface area contributed by atoms with Crippen molar-refractivity contribution in [2.24, 2.45) is 0 Å². The van der Waals surface area contributed by atoms with Gasteiger partial charge < -0.3 is 19.1 Å². The lowest BCUT2D eigenvalue weighted by atomic mass is 10.1. The minimum absolute atomic E-state index is 0.00606. The van der Waals surface area contributed by atoms with Crippen LogP contribution in [0.1, 0.15) is 47.1 Å². The molecule has 0 bridgehead atoms. The molecular formula is C22H33FN2O5. The summed E-state index contributed by atoms with van der Waals surface area (Å²) in [5.41, 5.74) is -1.01. The fraction of sp³-hybridized carbons (Fsp3) is 0.636. The summed E-state index contributed by atoms with van der Waals surface area (Å²) in [5, 5.41) is 0. The summed E-state index contributed by atoms with van der Waals surface area (Å²) >= 11 is 0. The first-order valence-electron chi connectivity index (χ1n) is 10.3. The number of benzene rings is 1. The summed E-state index contributed by atoms with van der Waals surface area (Å²) in [6, 6.07) is 4.72. The molecule has 0 N–H and O–H groups in total. The van der Waals surface area contributed by atoms with Crippen molar-refractivity contribution in [2.45, 2.75) is 59.3 Å². The minimum atomic E-state index is -1.28. The van der Waals surface area contributed by atoms with E-state index in [1.807, 2.05) is 20.8 Å². The fourth-order valence-corrected chi connectivity index (χ4v) is 3.02. The Bertz CT molecular complexity index is 752. The molecule has 0 aliphatic carbocycles. The third-order valence-corrected chi connectivity index (χ3v) is 4.56. The Kier molecular flexibility index (Phi) is 7.69. The molecule has 0 radical (unpaired) electrons. The Morgan fingerprint density at radius 2 is 1.70 bits per heavy atom. The molecule has 30 heavy (non-hydrogen) atoms. The Morgan fingerprint density at radius 1 is 1.07 bits per heavy atom. The van der Waals surface area contributed by atoms with Crippen molar-refractivity contribution >= 4 is 12.1 Å². The summed E-state index contributed by atoms with van der Waals surface area (Å²) in [6.07, 6.45) is -0.307. The first-order valence-corrected chi connectivity index (χ1v) is 10.3. The highest BCUT2D eigenvalue weighted by Crippen LogP contribution is 2.25. The van der Waals surface area contributed by atoms with Gasteiger partial charge in [0, 0.05) is 32.7 Å². The number of hydrogen-bond donors (Lipinski definition) is 0. The van der Waals surface area contributed by atoms with Gasteiger partial charge in [-0.2, -0.15) is 0 Å². The van der Waals surface area contributed by atoms with Gasteiger partial charge in [0.1, 0.15) is 5.60 Å². The highest BCUT2D eigenvalue weighted by molar-refractivity contribution is 5.79. The van der Waals surface area contributed by atoms with Gasteiger partial charge in [-0.15, -0.1) is 0 Å². The lowest BCUT2D eigenvalue weighted by Crippen LogP contribution is -2.49. The zero-order valence-electron chi connectivity index (χ0n) is 18.8. The van der Waals surface area contributed by atoms with E-state index in [2.05, 4.69) is 4.90 Å². The molecule has 168 valence electrons. The maximum Gasteiger partial charge on any atom is 0.410 e. The quantitative estimate of drug-likeness (QED) is 0.650. The van der Waals surface area contributed by atoms with Crippen LogP contribution in [0.3, 0.4) is 0 Å². The van der Waals surface area contributed by atoms with Gasteiger partial charge in [0.25, 0.3) is 0 Å². The van der Waals surface area contributed by atoms with E-state index in [0.717, 1.165) is 5.56 Å². The highest BCUT2D eigenvalue weighted by Gasteiger charge is 2.32. The van der Waals surface area contributed by atoms with Crippen molar-refractivity contribution in [1.29, 1.82) is 0 Å². The van der Waals surface area contributed by atoms with E-state index in [9.17, 15) is 14.0 Å². The second kappa shape index (κ2) is 9.64. The molecule has 1 aliphatic rings. The van der Waals surface area contributed by atoms with E-state index in [-0.39, 0.29) is 18.4 Å². The molecule has 1 saturated heterocycles. The maximum absolute atomic E-state index is 14.5. The van der Waals surface area contributed by atoms with Gasteiger partial charge in [-0.25, -0.2) is 14.0 Å². The SMILES string of the molecule is CCOC(=O)C(C)(C)Oc1ccc(CN2CCN(C(=O)OC(C)(C)C)CC2)cc1F. The molecule has 1 aliphatic heterocycles. The second-order valence-corrected chi connectivity index (χ2v) is 8.84. The standard InChI is InChI=1S/C22H33FN2O5/c1-7-28-19(26)22(5,6)29-18-9-8-16(14-17(18)23)15-24-10-12-25(13-11-24)20(27)30-21(2,3)4/h8-9,14H,7,10-13,15H2,1-6H3. The molecule has 1 aromatic rings. The Morgan fingerprint density at radius 3 is 2.23 bits per heavy atom. The number of nitrogens with zero attached hydrogens (tertiary/aromatic N) is 2. The van der Waals surface area contributed by atoms with Crippen LogP contribution < -0.4 is 4.74 Å². The summed E-state index contributed by atoms with van der Waals surface area (Å²) in [5.74, 6) is -1.07. The number of hydrogen-bond acceptors (Lipinski definition) is 6. The van der Waals surface area contributed by atoms with Crippen LogP contribution in [0.15, 0.2) is 18.2 Å². The normalized spacial score (nSPS) is 15.6. The number of ether oxygens (including phenoxy) is 3. The zero-order chi connectivity index (χ0) is 22.5. The number of rotatable bonds is 6. The van der Waals surface area contributed by atoms with E-state index >= 15 is 0 Å². The topological polar surface area (TPSA) is 68.3 Å². The van der Waals surface area contributed by atoms with Crippen LogP contribution in [0.5, 0.6) is 5.75 Å². The Labute approximate surface area is 178 Å². The van der Waals surface area contributed by atoms with Crippen LogP contribution in [0, 0.1) is 5.82 Å². The van der Waals surface area contributed by atoms with Crippen molar-refractivity contribution < 1.29 is 28.2 Å². The predicted molar refractivity (Wildman–Crippen MR) is 111 cm³/mol. The largest absolute Gasteiger partial charge is 0.473 e. The summed E-state index contributed by atoms with van der Waals surface area (Å²) < 4.78 is 30.5. The molecule has 1 heterocycles. The predicted octanol–water partition coefficient (Wildman–Crippen LogP) is 3.60. The monoisotopic (exact) mass is 424 g/mol. The van der Waals surface area contributed by atoms with Gasteiger partial charge in [-0.3, -0.25) is 4.90 Å². The molecule has 0 spiro atoms. The number of halogens is 1. The number of amides is 1. The van der Waals surface area contributed by atoms with Crippen LogP contribution >= 0.6 is 0 Å². The van der Waals surface area contributed by atoms with Crippen LogP contribution in [0.4, 0.5) is 9.18 Å². The van der Waals surface area contributed by atoms with Crippen molar-refractivity contribution in [3.8, 4) is 5.75 Å². The first kappa shape index (κ1) is 23.9. The van der Waals surface area contributed by atoms with Gasteiger partial charge >= 0.3 is 12.1 Å². The molecule has 0 saturated carbocycles. The van der Waals surface area contributed by atoms with E-state index in [1.54, 1.807) is 31.7 Å². The van der Waals surface area contributed by atoms with Crippen LogP contribution in [0.25, 0.3) is 0 Å². The second-order valence-electron chi connectivity index (χ2n) is 8.84. The molecule has 0 unspecified atom stereocenters. The molecule has 1 amide bonds. The molecule has 2 rings (SSSR count). The molecule has 7 nitrogen and oxygen atoms in total. The van der Waals surface area contributed by atoms with E-state index in [4.69, 9.17) is 14.2 Å². The zero-order valence-corrected chi connectivity index (χ0v) is 18.8. The minimum Gasteiger partial charge on any atom is -0.473 e. The summed E-state index contributed by atoms with van der Waals surface area (Å²) in [6.45, 7) is 13.6. The van der Waals surface area contributed by atoms with Crippen LogP contribution in [-0.4, -0.2) is 65.9 Å². The van der Waals surface area contributed by atoms with E-state index in [1.165, 1.54) is 12.1 Å². The fourth-order valence-electron chi connectivity index (χ4n) is 3.02. The lowest BCUT2D eigenvalue weighted by Gasteiger charge is -2.35. The van der Waals surface area contributed by atoms with Crippen molar-refractivity contribution in [1.82, 2.24) is 9.80 Å². The average Bonchev–Trinajstić information content (AvgIpc) is 2.63. The van der Waals surface area contributed by atoms with E-state index < -0.39 is 23.0 Å². The molecule has 1 aromatic carbocycles. The average molecular weight is 425 g/mol. The molecule has 8 heteroatoms. The Hall–Kier alpha value is -2.35. The van der Waals surface area contributed by atoms with Gasteiger partial charge in [-0.1, -0.05) is 6.07 Å². The number of carbonyl (C=O) groups is 2. The lowest BCUT2D eigenvalue weighted by molar-refractivity contribution is -0.158. The van der Waals surface area contributed by atoms with Crippen molar-refractivity contribution in [3.05, 3.63) is 29.6 Å². The van der Waals surface area contributed by atoms with Crippen LogP contribution in [-0.2, 0) is 20.8 Å². The molecule has 0 aromatic heterocycles. The van der Waals surface area contributed by atoms with Gasteiger partial charge in [0.15, 0.2) is 17.2 Å². The van der Waals surface area contributed by atoms with Gasteiger partial charge in [-0.05, 0) is 59.2 Å². The highest BCUT2D eigenvalue weighted by atomic mass is 19.1. The van der Waals surface area contributed by atoms with Gasteiger partial charge in [0.05, 0.1) is 6.61 Å². The maximum atomic E-state index is 14.5. The van der Waals surface area contributed by atoms with E-state index in [0.29, 0.717) is 32.7 Å². The van der Waals surface area contributed by atoms with Crippen molar-refractivity contribution in [3.63, 3.8) is 0 Å². The number of esters is 1. The third-order valence-electron chi connectivity index (χ3n) is 4.56. The first-order chi connectivity index (χ1) is 13.9. The molecular weight excluding hydrogens is 391 g/mol. The number of piperazine rings is 1. The van der Waals surface area contributed by atoms with Crippen LogP contribution in [0.2, 0.25) is 0 Å². The van der Waals surface area contributed by atoms with Gasteiger partial charge in [0.2, 0.25) is 0 Å². The molecule has 1 fully saturated rings. The third kappa shape index (κ3) is 6.86. The summed E-state index contributed by atoms with van der Waals surface area (Å²) in [4.78, 5) is 27.9. The Balaban J connectivity index is 1.91. The smallest absolute Gasteiger partial charge is 0.410 e.